The topological polar surface area (TPSA) is 42.3 Å². The number of hydrogen-bond donors (Lipinski definition) is 0. The predicted octanol–water partition coefficient (Wildman–Crippen LogP) is 3.91. The lowest BCUT2D eigenvalue weighted by molar-refractivity contribution is 0.587. The predicted molar refractivity (Wildman–Crippen MR) is 97.9 cm³/mol. The van der Waals surface area contributed by atoms with Crippen molar-refractivity contribution in [2.45, 2.75) is 11.8 Å². The van der Waals surface area contributed by atoms with Gasteiger partial charge in [-0.3, -0.25) is 0 Å². The minimum atomic E-state index is -3.85. The average molecular weight is 358 g/mol. The van der Waals surface area contributed by atoms with Gasteiger partial charge in [-0.2, -0.15) is 0 Å². The summed E-state index contributed by atoms with van der Waals surface area (Å²) < 4.78 is 40.8. The van der Waals surface area contributed by atoms with E-state index in [4.69, 9.17) is 0 Å². The molecule has 0 aliphatic heterocycles. The summed E-state index contributed by atoms with van der Waals surface area (Å²) in [7, 11) is -0.112. The van der Waals surface area contributed by atoms with E-state index in [2.05, 4.69) is 0 Å². The van der Waals surface area contributed by atoms with E-state index < -0.39 is 15.8 Å². The Morgan fingerprint density at radius 3 is 2.12 bits per heavy atom. The molecule has 2 aromatic carbocycles. The zero-order valence-electron chi connectivity index (χ0n) is 14.3. The Labute approximate surface area is 147 Å². The Hall–Kier alpha value is -2.60. The fourth-order valence-corrected chi connectivity index (χ4v) is 4.29. The molecule has 0 amide bonds. The Bertz CT molecular complexity index is 992. The summed E-state index contributed by atoms with van der Waals surface area (Å²) in [5.74, 6) is -0.472. The van der Waals surface area contributed by atoms with Gasteiger partial charge in [0.2, 0.25) is 0 Å². The number of benzene rings is 2. The zero-order chi connectivity index (χ0) is 18.2. The Morgan fingerprint density at radius 2 is 1.56 bits per heavy atom. The highest BCUT2D eigenvalue weighted by Crippen LogP contribution is 2.35. The number of rotatable bonds is 4. The molecule has 0 radical (unpaired) electrons. The molecule has 0 atom stereocenters. The third kappa shape index (κ3) is 3.05. The van der Waals surface area contributed by atoms with Crippen molar-refractivity contribution in [3.8, 4) is 11.3 Å². The summed E-state index contributed by atoms with van der Waals surface area (Å²) in [5, 5.41) is 0. The van der Waals surface area contributed by atoms with Crippen LogP contribution < -0.4 is 4.90 Å². The van der Waals surface area contributed by atoms with Gasteiger partial charge in [0.05, 0.1) is 16.3 Å². The van der Waals surface area contributed by atoms with E-state index >= 15 is 0 Å². The molecule has 0 unspecified atom stereocenters. The van der Waals surface area contributed by atoms with Crippen molar-refractivity contribution < 1.29 is 12.8 Å². The molecular formula is C19H19FN2O2S. The van der Waals surface area contributed by atoms with Gasteiger partial charge in [0.25, 0.3) is 10.0 Å². The van der Waals surface area contributed by atoms with E-state index in [1.807, 2.05) is 56.3 Å². The van der Waals surface area contributed by atoms with Gasteiger partial charge in [0.1, 0.15) is 5.82 Å². The van der Waals surface area contributed by atoms with Crippen LogP contribution in [0.15, 0.2) is 65.7 Å². The fraction of sp³-hybridized carbons (Fsp3) is 0.158. The molecule has 0 N–H and O–H groups in total. The van der Waals surface area contributed by atoms with Crippen LogP contribution in [0, 0.1) is 12.7 Å². The maximum atomic E-state index is 13.2. The summed E-state index contributed by atoms with van der Waals surface area (Å²) in [6.07, 6.45) is 1.61. The van der Waals surface area contributed by atoms with E-state index in [0.717, 1.165) is 28.9 Å². The molecular weight excluding hydrogens is 339 g/mol. The summed E-state index contributed by atoms with van der Waals surface area (Å²) in [5.41, 5.74) is 3.08. The standard InChI is InChI=1S/C19H19FN2O2S/c1-14-18(21(2)3)13-22(19(14)15-7-5-4-6-8-15)25(23,24)17-11-9-16(20)10-12-17/h4-13H,1-3H3. The van der Waals surface area contributed by atoms with Crippen molar-refractivity contribution in [3.63, 3.8) is 0 Å². The first-order chi connectivity index (χ1) is 11.8. The Kier molecular flexibility index (Phi) is 4.39. The molecule has 0 saturated carbocycles. The van der Waals surface area contributed by atoms with Gasteiger partial charge in [0, 0.05) is 20.3 Å². The van der Waals surface area contributed by atoms with Crippen molar-refractivity contribution >= 4 is 15.7 Å². The molecule has 4 nitrogen and oxygen atoms in total. The monoisotopic (exact) mass is 358 g/mol. The van der Waals surface area contributed by atoms with Crippen LogP contribution in [-0.2, 0) is 10.0 Å². The maximum Gasteiger partial charge on any atom is 0.268 e. The lowest BCUT2D eigenvalue weighted by Gasteiger charge is -2.12. The SMILES string of the molecule is Cc1c(N(C)C)cn(S(=O)(=O)c2ccc(F)cc2)c1-c1ccccc1. The average Bonchev–Trinajstić information content (AvgIpc) is 2.94. The van der Waals surface area contributed by atoms with Gasteiger partial charge in [-0.25, -0.2) is 16.8 Å². The van der Waals surface area contributed by atoms with Crippen LogP contribution in [0.3, 0.4) is 0 Å². The van der Waals surface area contributed by atoms with Crippen LogP contribution in [0.1, 0.15) is 5.56 Å². The number of nitrogens with zero attached hydrogens (tertiary/aromatic N) is 2. The van der Waals surface area contributed by atoms with E-state index in [-0.39, 0.29) is 4.90 Å². The molecule has 0 spiro atoms. The first-order valence-electron chi connectivity index (χ1n) is 7.78. The largest absolute Gasteiger partial charge is 0.376 e. The molecule has 0 aliphatic carbocycles. The highest BCUT2D eigenvalue weighted by atomic mass is 32.2. The molecule has 0 saturated heterocycles. The highest BCUT2D eigenvalue weighted by Gasteiger charge is 2.25. The summed E-state index contributed by atoms with van der Waals surface area (Å²) in [4.78, 5) is 1.92. The van der Waals surface area contributed by atoms with Crippen molar-refractivity contribution in [2.75, 3.05) is 19.0 Å². The van der Waals surface area contributed by atoms with E-state index in [0.29, 0.717) is 5.69 Å². The van der Waals surface area contributed by atoms with Gasteiger partial charge in [0.15, 0.2) is 0 Å². The molecule has 0 aliphatic rings. The van der Waals surface area contributed by atoms with Crippen LogP contribution in [0.2, 0.25) is 0 Å². The summed E-state index contributed by atoms with van der Waals surface area (Å²) in [6.45, 7) is 1.90. The lowest BCUT2D eigenvalue weighted by atomic mass is 10.1. The van der Waals surface area contributed by atoms with Crippen LogP contribution in [-0.4, -0.2) is 26.5 Å². The molecule has 6 heteroatoms. The molecule has 130 valence electrons. The number of anilines is 1. The normalized spacial score (nSPS) is 11.5. The van der Waals surface area contributed by atoms with E-state index in [1.54, 1.807) is 6.20 Å². The van der Waals surface area contributed by atoms with Crippen molar-refractivity contribution in [3.05, 3.63) is 72.2 Å². The van der Waals surface area contributed by atoms with Crippen molar-refractivity contribution in [1.82, 2.24) is 3.97 Å². The second kappa shape index (κ2) is 6.37. The minimum Gasteiger partial charge on any atom is -0.376 e. The zero-order valence-corrected chi connectivity index (χ0v) is 15.1. The molecule has 25 heavy (non-hydrogen) atoms. The van der Waals surface area contributed by atoms with Gasteiger partial charge in [-0.15, -0.1) is 0 Å². The van der Waals surface area contributed by atoms with Gasteiger partial charge < -0.3 is 4.90 Å². The maximum absolute atomic E-state index is 13.2. The van der Waals surface area contributed by atoms with Gasteiger partial charge in [-0.05, 0) is 42.3 Å². The summed E-state index contributed by atoms with van der Waals surface area (Å²) >= 11 is 0. The second-order valence-corrected chi connectivity index (χ2v) is 7.82. The summed E-state index contributed by atoms with van der Waals surface area (Å²) in [6, 6.07) is 14.2. The van der Waals surface area contributed by atoms with Crippen LogP contribution in [0.5, 0.6) is 0 Å². The molecule has 0 bridgehead atoms. The van der Waals surface area contributed by atoms with Crippen molar-refractivity contribution in [2.24, 2.45) is 0 Å². The number of aromatic nitrogens is 1. The molecule has 1 aromatic heterocycles. The molecule has 3 rings (SSSR count). The quantitative estimate of drug-likeness (QED) is 0.710. The first-order valence-corrected chi connectivity index (χ1v) is 9.22. The van der Waals surface area contributed by atoms with E-state index in [1.165, 1.54) is 16.1 Å². The Balaban J connectivity index is 2.28. The minimum absolute atomic E-state index is 0.0476. The molecule has 3 aromatic rings. The van der Waals surface area contributed by atoms with Crippen LogP contribution in [0.25, 0.3) is 11.3 Å². The van der Waals surface area contributed by atoms with Gasteiger partial charge in [-0.1, -0.05) is 30.3 Å². The smallest absolute Gasteiger partial charge is 0.268 e. The van der Waals surface area contributed by atoms with Crippen LogP contribution >= 0.6 is 0 Å². The van der Waals surface area contributed by atoms with Crippen molar-refractivity contribution in [1.29, 1.82) is 0 Å². The molecule has 0 fully saturated rings. The third-order valence-electron chi connectivity index (χ3n) is 4.10. The second-order valence-electron chi connectivity index (χ2n) is 6.00. The Morgan fingerprint density at radius 1 is 0.960 bits per heavy atom. The molecule has 1 heterocycles. The fourth-order valence-electron chi connectivity index (χ4n) is 2.86. The first kappa shape index (κ1) is 17.2. The highest BCUT2D eigenvalue weighted by molar-refractivity contribution is 7.90. The van der Waals surface area contributed by atoms with E-state index in [9.17, 15) is 12.8 Å². The lowest BCUT2D eigenvalue weighted by Crippen LogP contribution is -2.14. The third-order valence-corrected chi connectivity index (χ3v) is 5.77. The van der Waals surface area contributed by atoms with Gasteiger partial charge >= 0.3 is 0 Å². The number of halogens is 1. The van der Waals surface area contributed by atoms with Crippen LogP contribution in [0.4, 0.5) is 10.1 Å². The number of hydrogen-bond acceptors (Lipinski definition) is 3.